The molecule has 2 fully saturated rings. The third-order valence-corrected chi connectivity index (χ3v) is 4.44. The standard InChI is InChI=1S/C16H24N2O.ClH/c17-16-11-18(9-13-5-4-8-19-12-13)10-15(16)14-6-2-1-3-7-14;/h1-3,6-7,13,15-16H,4-5,8-12,17H2;1H/t13?,15-,16+;/m0./s1. The van der Waals surface area contributed by atoms with Crippen LogP contribution >= 0.6 is 12.4 Å². The molecule has 0 aromatic heterocycles. The summed E-state index contributed by atoms with van der Waals surface area (Å²) in [6.45, 7) is 5.15. The second-order valence-electron chi connectivity index (χ2n) is 5.98. The van der Waals surface area contributed by atoms with Crippen molar-refractivity contribution >= 4 is 12.4 Å². The summed E-state index contributed by atoms with van der Waals surface area (Å²) in [5.74, 6) is 1.20. The van der Waals surface area contributed by atoms with E-state index >= 15 is 0 Å². The monoisotopic (exact) mass is 296 g/mol. The van der Waals surface area contributed by atoms with Gasteiger partial charge >= 0.3 is 0 Å². The molecule has 4 heteroatoms. The van der Waals surface area contributed by atoms with Crippen LogP contribution < -0.4 is 5.73 Å². The summed E-state index contributed by atoms with van der Waals surface area (Å²) in [7, 11) is 0. The Bertz CT molecular complexity index is 395. The van der Waals surface area contributed by atoms with Crippen molar-refractivity contribution in [1.29, 1.82) is 0 Å². The number of benzene rings is 1. The molecule has 0 spiro atoms. The predicted octanol–water partition coefficient (Wildman–Crippen LogP) is 2.26. The molecule has 0 saturated carbocycles. The summed E-state index contributed by atoms with van der Waals surface area (Å²) in [4.78, 5) is 2.53. The average molecular weight is 297 g/mol. The number of halogens is 1. The number of hydrogen-bond donors (Lipinski definition) is 1. The molecule has 2 heterocycles. The van der Waals surface area contributed by atoms with Crippen molar-refractivity contribution < 1.29 is 4.74 Å². The van der Waals surface area contributed by atoms with Gasteiger partial charge in [0, 0.05) is 38.2 Å². The maximum Gasteiger partial charge on any atom is 0.0506 e. The van der Waals surface area contributed by atoms with E-state index in [1.54, 1.807) is 0 Å². The third-order valence-electron chi connectivity index (χ3n) is 4.44. The maximum atomic E-state index is 6.33. The van der Waals surface area contributed by atoms with Gasteiger partial charge < -0.3 is 15.4 Å². The average Bonchev–Trinajstić information content (AvgIpc) is 2.82. The molecule has 0 amide bonds. The number of rotatable bonds is 3. The Morgan fingerprint density at radius 1 is 1.20 bits per heavy atom. The van der Waals surface area contributed by atoms with Crippen LogP contribution in [0.3, 0.4) is 0 Å². The Morgan fingerprint density at radius 2 is 2.00 bits per heavy atom. The molecule has 2 aliphatic heterocycles. The smallest absolute Gasteiger partial charge is 0.0506 e. The van der Waals surface area contributed by atoms with Crippen molar-refractivity contribution in [2.75, 3.05) is 32.8 Å². The summed E-state index contributed by atoms with van der Waals surface area (Å²) in [6, 6.07) is 11.0. The molecule has 3 rings (SSSR count). The Balaban J connectivity index is 0.00000147. The van der Waals surface area contributed by atoms with E-state index in [1.807, 2.05) is 0 Å². The van der Waals surface area contributed by atoms with E-state index in [9.17, 15) is 0 Å². The van der Waals surface area contributed by atoms with E-state index in [1.165, 1.54) is 18.4 Å². The number of hydrogen-bond acceptors (Lipinski definition) is 3. The highest BCUT2D eigenvalue weighted by Gasteiger charge is 2.32. The van der Waals surface area contributed by atoms with Crippen LogP contribution in [-0.4, -0.2) is 43.8 Å². The van der Waals surface area contributed by atoms with Crippen molar-refractivity contribution in [2.24, 2.45) is 11.7 Å². The van der Waals surface area contributed by atoms with Gasteiger partial charge in [0.15, 0.2) is 0 Å². The molecule has 1 aromatic rings. The van der Waals surface area contributed by atoms with Gasteiger partial charge in [0.1, 0.15) is 0 Å². The maximum absolute atomic E-state index is 6.33. The molecule has 112 valence electrons. The fourth-order valence-corrected chi connectivity index (χ4v) is 3.43. The van der Waals surface area contributed by atoms with Gasteiger partial charge in [-0.15, -0.1) is 12.4 Å². The number of nitrogens with two attached hydrogens (primary N) is 1. The summed E-state index contributed by atoms with van der Waals surface area (Å²) in [6.07, 6.45) is 2.52. The van der Waals surface area contributed by atoms with Crippen LogP contribution in [0.4, 0.5) is 0 Å². The van der Waals surface area contributed by atoms with Gasteiger partial charge in [-0.05, 0) is 24.3 Å². The van der Waals surface area contributed by atoms with Crippen LogP contribution in [0.1, 0.15) is 24.3 Å². The zero-order valence-corrected chi connectivity index (χ0v) is 12.7. The lowest BCUT2D eigenvalue weighted by Crippen LogP contribution is -2.34. The molecule has 2 aliphatic rings. The zero-order chi connectivity index (χ0) is 13.1. The first-order valence-corrected chi connectivity index (χ1v) is 7.43. The Labute approximate surface area is 127 Å². The minimum atomic E-state index is 0. The van der Waals surface area contributed by atoms with Gasteiger partial charge in [-0.2, -0.15) is 0 Å². The second-order valence-corrected chi connectivity index (χ2v) is 5.98. The molecule has 0 aliphatic carbocycles. The zero-order valence-electron chi connectivity index (χ0n) is 11.9. The molecule has 2 saturated heterocycles. The minimum absolute atomic E-state index is 0. The Kier molecular flexibility index (Phi) is 5.85. The molecule has 2 N–H and O–H groups in total. The molecule has 3 atom stereocenters. The topological polar surface area (TPSA) is 38.5 Å². The largest absolute Gasteiger partial charge is 0.381 e. The Hall–Kier alpha value is -0.610. The highest BCUT2D eigenvalue weighted by Crippen LogP contribution is 2.27. The van der Waals surface area contributed by atoms with Crippen LogP contribution in [0.2, 0.25) is 0 Å². The van der Waals surface area contributed by atoms with E-state index in [-0.39, 0.29) is 18.4 Å². The summed E-state index contributed by atoms with van der Waals surface area (Å²) in [5.41, 5.74) is 7.72. The fraction of sp³-hybridized carbons (Fsp3) is 0.625. The molecule has 0 radical (unpaired) electrons. The lowest BCUT2D eigenvalue weighted by atomic mass is 9.95. The van der Waals surface area contributed by atoms with E-state index in [0.717, 1.165) is 32.8 Å². The van der Waals surface area contributed by atoms with Crippen molar-refractivity contribution in [1.82, 2.24) is 4.90 Å². The second kappa shape index (κ2) is 7.41. The summed E-state index contributed by atoms with van der Waals surface area (Å²) < 4.78 is 5.57. The van der Waals surface area contributed by atoms with Crippen LogP contribution in [0.5, 0.6) is 0 Å². The van der Waals surface area contributed by atoms with E-state index in [0.29, 0.717) is 11.8 Å². The molecule has 0 bridgehead atoms. The molecular formula is C16H25ClN2O. The van der Waals surface area contributed by atoms with Gasteiger partial charge in [-0.25, -0.2) is 0 Å². The van der Waals surface area contributed by atoms with E-state index in [4.69, 9.17) is 10.5 Å². The number of ether oxygens (including phenoxy) is 1. The van der Waals surface area contributed by atoms with Crippen molar-refractivity contribution in [3.05, 3.63) is 35.9 Å². The first-order chi connectivity index (χ1) is 9.33. The number of nitrogens with zero attached hydrogens (tertiary/aromatic N) is 1. The van der Waals surface area contributed by atoms with Crippen LogP contribution in [0.15, 0.2) is 30.3 Å². The van der Waals surface area contributed by atoms with Crippen molar-refractivity contribution in [3.63, 3.8) is 0 Å². The van der Waals surface area contributed by atoms with Crippen LogP contribution in [-0.2, 0) is 4.74 Å². The third kappa shape index (κ3) is 3.73. The van der Waals surface area contributed by atoms with Gasteiger partial charge in [0.25, 0.3) is 0 Å². The van der Waals surface area contributed by atoms with Gasteiger partial charge in [0.05, 0.1) is 6.61 Å². The molecular weight excluding hydrogens is 272 g/mol. The number of likely N-dealkylation sites (tertiary alicyclic amines) is 1. The minimum Gasteiger partial charge on any atom is -0.381 e. The van der Waals surface area contributed by atoms with Gasteiger partial charge in [-0.3, -0.25) is 0 Å². The highest BCUT2D eigenvalue weighted by molar-refractivity contribution is 5.85. The van der Waals surface area contributed by atoms with Crippen LogP contribution in [0.25, 0.3) is 0 Å². The summed E-state index contributed by atoms with van der Waals surface area (Å²) >= 11 is 0. The van der Waals surface area contributed by atoms with Crippen molar-refractivity contribution in [2.45, 2.75) is 24.8 Å². The molecule has 1 unspecified atom stereocenters. The van der Waals surface area contributed by atoms with Crippen LogP contribution in [0, 0.1) is 5.92 Å². The molecule has 3 nitrogen and oxygen atoms in total. The van der Waals surface area contributed by atoms with Gasteiger partial charge in [-0.1, -0.05) is 30.3 Å². The fourth-order valence-electron chi connectivity index (χ4n) is 3.43. The first kappa shape index (κ1) is 15.8. The molecule has 20 heavy (non-hydrogen) atoms. The SMILES string of the molecule is Cl.N[C@@H]1CN(CC2CCCOC2)C[C@H]1c1ccccc1. The normalized spacial score (nSPS) is 30.9. The van der Waals surface area contributed by atoms with E-state index < -0.39 is 0 Å². The van der Waals surface area contributed by atoms with Crippen molar-refractivity contribution in [3.8, 4) is 0 Å². The highest BCUT2D eigenvalue weighted by atomic mass is 35.5. The quantitative estimate of drug-likeness (QED) is 0.930. The lowest BCUT2D eigenvalue weighted by molar-refractivity contribution is 0.0415. The lowest BCUT2D eigenvalue weighted by Gasteiger charge is -2.26. The molecule has 1 aromatic carbocycles. The summed E-state index contributed by atoms with van der Waals surface area (Å²) in [5, 5.41) is 0. The van der Waals surface area contributed by atoms with E-state index in [2.05, 4.69) is 35.2 Å². The Morgan fingerprint density at radius 3 is 2.70 bits per heavy atom. The van der Waals surface area contributed by atoms with Gasteiger partial charge in [0.2, 0.25) is 0 Å². The first-order valence-electron chi connectivity index (χ1n) is 7.43. The predicted molar refractivity (Wildman–Crippen MR) is 84.4 cm³/mol.